The Morgan fingerprint density at radius 2 is 2.05 bits per heavy atom. The van der Waals surface area contributed by atoms with E-state index in [1.165, 1.54) is 26.1 Å². The fraction of sp³-hybridized carbons (Fsp3) is 0.273. The van der Waals surface area contributed by atoms with Crippen LogP contribution in [0.2, 0.25) is 5.02 Å². The largest absolute Gasteiger partial charge is 0.357 e. The van der Waals surface area contributed by atoms with Crippen molar-refractivity contribution >= 4 is 29.1 Å². The number of rotatable bonds is 4. The summed E-state index contributed by atoms with van der Waals surface area (Å²) in [5.74, 6) is -1.14. The van der Waals surface area contributed by atoms with Gasteiger partial charge in [0.2, 0.25) is 5.91 Å². The smallest absolute Gasteiger partial charge is 0.282 e. The van der Waals surface area contributed by atoms with E-state index in [4.69, 9.17) is 11.6 Å². The highest BCUT2D eigenvalue weighted by atomic mass is 35.5. The van der Waals surface area contributed by atoms with E-state index >= 15 is 0 Å². The van der Waals surface area contributed by atoms with Crippen LogP contribution in [0.1, 0.15) is 17.3 Å². The van der Waals surface area contributed by atoms with Crippen molar-refractivity contribution in [3.05, 3.63) is 38.9 Å². The van der Waals surface area contributed by atoms with Crippen LogP contribution in [-0.2, 0) is 4.79 Å². The molecule has 1 unspecified atom stereocenters. The second-order valence-electron chi connectivity index (χ2n) is 3.73. The van der Waals surface area contributed by atoms with Crippen LogP contribution in [0.4, 0.5) is 5.69 Å². The highest BCUT2D eigenvalue weighted by molar-refractivity contribution is 6.31. The molecule has 2 N–H and O–H groups in total. The van der Waals surface area contributed by atoms with Crippen LogP contribution in [0.25, 0.3) is 0 Å². The summed E-state index contributed by atoms with van der Waals surface area (Å²) < 4.78 is 0. The van der Waals surface area contributed by atoms with Crippen molar-refractivity contribution in [3.63, 3.8) is 0 Å². The number of hydrogen-bond acceptors (Lipinski definition) is 4. The van der Waals surface area contributed by atoms with Crippen molar-refractivity contribution in [3.8, 4) is 0 Å². The van der Waals surface area contributed by atoms with Crippen molar-refractivity contribution in [1.29, 1.82) is 0 Å². The summed E-state index contributed by atoms with van der Waals surface area (Å²) in [5, 5.41) is 15.7. The number of carbonyl (C=O) groups excluding carboxylic acids is 2. The van der Waals surface area contributed by atoms with E-state index < -0.39 is 22.8 Å². The minimum Gasteiger partial charge on any atom is -0.357 e. The molecule has 0 heterocycles. The number of amides is 2. The number of nitrogens with one attached hydrogen (secondary N) is 2. The van der Waals surface area contributed by atoms with E-state index in [9.17, 15) is 19.7 Å². The third kappa shape index (κ3) is 3.65. The molecule has 0 aliphatic heterocycles. The summed E-state index contributed by atoms with van der Waals surface area (Å²) in [6, 6.07) is 2.84. The fourth-order valence-corrected chi connectivity index (χ4v) is 1.58. The lowest BCUT2D eigenvalue weighted by Crippen LogP contribution is -2.43. The maximum Gasteiger partial charge on any atom is 0.282 e. The Labute approximate surface area is 114 Å². The van der Waals surface area contributed by atoms with Gasteiger partial charge in [-0.2, -0.15) is 0 Å². The Hall–Kier alpha value is -2.15. The van der Waals surface area contributed by atoms with Crippen molar-refractivity contribution in [2.75, 3.05) is 7.05 Å². The molecule has 102 valence electrons. The molecule has 0 radical (unpaired) electrons. The van der Waals surface area contributed by atoms with Crippen LogP contribution in [0.15, 0.2) is 18.2 Å². The number of nitro groups is 1. The van der Waals surface area contributed by atoms with Gasteiger partial charge in [-0.1, -0.05) is 11.6 Å². The van der Waals surface area contributed by atoms with Gasteiger partial charge >= 0.3 is 0 Å². The SMILES string of the molecule is CNC(=O)C(C)NC(=O)c1cc(Cl)ccc1[N+](=O)[O-]. The predicted octanol–water partition coefficient (Wildman–Crippen LogP) is 1.11. The zero-order chi connectivity index (χ0) is 14.6. The molecule has 0 saturated carbocycles. The van der Waals surface area contributed by atoms with Crippen molar-refractivity contribution in [2.45, 2.75) is 13.0 Å². The van der Waals surface area contributed by atoms with E-state index in [1.54, 1.807) is 0 Å². The number of benzene rings is 1. The molecular formula is C11H12ClN3O4. The monoisotopic (exact) mass is 285 g/mol. The predicted molar refractivity (Wildman–Crippen MR) is 69.1 cm³/mol. The number of nitrogens with zero attached hydrogens (tertiary/aromatic N) is 1. The van der Waals surface area contributed by atoms with Crippen LogP contribution in [0.5, 0.6) is 0 Å². The molecule has 0 fully saturated rings. The lowest BCUT2D eigenvalue weighted by atomic mass is 10.1. The molecule has 0 saturated heterocycles. The number of carbonyl (C=O) groups is 2. The Balaban J connectivity index is 3.02. The Morgan fingerprint density at radius 3 is 2.58 bits per heavy atom. The molecule has 2 amide bonds. The molecule has 0 bridgehead atoms. The molecule has 19 heavy (non-hydrogen) atoms. The maximum absolute atomic E-state index is 11.9. The minimum atomic E-state index is -0.809. The summed E-state index contributed by atoms with van der Waals surface area (Å²) in [7, 11) is 1.42. The van der Waals surface area contributed by atoms with E-state index in [0.717, 1.165) is 6.07 Å². The normalized spacial score (nSPS) is 11.5. The quantitative estimate of drug-likeness (QED) is 0.639. The van der Waals surface area contributed by atoms with Gasteiger partial charge < -0.3 is 10.6 Å². The highest BCUT2D eigenvalue weighted by Crippen LogP contribution is 2.22. The van der Waals surface area contributed by atoms with Crippen molar-refractivity contribution in [1.82, 2.24) is 10.6 Å². The molecule has 1 atom stereocenters. The van der Waals surface area contributed by atoms with Crippen LogP contribution >= 0.6 is 11.6 Å². The second-order valence-corrected chi connectivity index (χ2v) is 4.16. The van der Waals surface area contributed by atoms with Crippen LogP contribution in [0, 0.1) is 10.1 Å². The molecular weight excluding hydrogens is 274 g/mol. The molecule has 1 rings (SSSR count). The molecule has 0 spiro atoms. The zero-order valence-corrected chi connectivity index (χ0v) is 11.0. The van der Waals surface area contributed by atoms with Gasteiger partial charge in [0.25, 0.3) is 11.6 Å². The first-order chi connectivity index (χ1) is 8.86. The van der Waals surface area contributed by atoms with Crippen molar-refractivity contribution in [2.24, 2.45) is 0 Å². The van der Waals surface area contributed by atoms with E-state index in [1.807, 2.05) is 0 Å². The number of nitro benzene ring substituents is 1. The van der Waals surface area contributed by atoms with Gasteiger partial charge in [-0.05, 0) is 19.1 Å². The average molecular weight is 286 g/mol. The number of hydrogen-bond donors (Lipinski definition) is 2. The van der Waals surface area contributed by atoms with Gasteiger partial charge in [-0.3, -0.25) is 19.7 Å². The Bertz CT molecular complexity index is 533. The van der Waals surface area contributed by atoms with Crippen LogP contribution in [-0.4, -0.2) is 29.8 Å². The lowest BCUT2D eigenvalue weighted by molar-refractivity contribution is -0.385. The third-order valence-electron chi connectivity index (χ3n) is 2.39. The molecule has 8 heteroatoms. The lowest BCUT2D eigenvalue weighted by Gasteiger charge is -2.12. The topological polar surface area (TPSA) is 101 Å². The summed E-state index contributed by atoms with van der Waals surface area (Å²) in [4.78, 5) is 33.3. The van der Waals surface area contributed by atoms with Gasteiger partial charge in [0.15, 0.2) is 0 Å². The molecule has 7 nitrogen and oxygen atoms in total. The summed E-state index contributed by atoms with van der Waals surface area (Å²) in [5.41, 5.74) is -0.556. The van der Waals surface area contributed by atoms with Gasteiger partial charge in [0, 0.05) is 18.1 Å². The van der Waals surface area contributed by atoms with Gasteiger partial charge in [0.1, 0.15) is 11.6 Å². The first-order valence-corrected chi connectivity index (χ1v) is 5.71. The maximum atomic E-state index is 11.9. The average Bonchev–Trinajstić information content (AvgIpc) is 2.36. The van der Waals surface area contributed by atoms with E-state index in [2.05, 4.69) is 10.6 Å². The van der Waals surface area contributed by atoms with Crippen molar-refractivity contribution < 1.29 is 14.5 Å². The number of likely N-dealkylation sites (N-methyl/N-ethyl adjacent to an activating group) is 1. The number of halogens is 1. The fourth-order valence-electron chi connectivity index (χ4n) is 1.41. The molecule has 1 aromatic rings. The summed E-state index contributed by atoms with van der Waals surface area (Å²) in [6.45, 7) is 1.47. The first-order valence-electron chi connectivity index (χ1n) is 5.33. The highest BCUT2D eigenvalue weighted by Gasteiger charge is 2.23. The molecule has 1 aromatic carbocycles. The second kappa shape index (κ2) is 6.14. The van der Waals surface area contributed by atoms with E-state index in [0.29, 0.717) is 0 Å². The molecule has 0 aliphatic carbocycles. The Kier molecular flexibility index (Phi) is 4.82. The van der Waals surface area contributed by atoms with Gasteiger partial charge in [-0.15, -0.1) is 0 Å². The van der Waals surface area contributed by atoms with E-state index in [-0.39, 0.29) is 16.3 Å². The van der Waals surface area contributed by atoms with Crippen LogP contribution in [0.3, 0.4) is 0 Å². The third-order valence-corrected chi connectivity index (χ3v) is 2.62. The summed E-state index contributed by atoms with van der Waals surface area (Å²) in [6.07, 6.45) is 0. The minimum absolute atomic E-state index is 0.187. The van der Waals surface area contributed by atoms with Gasteiger partial charge in [0.05, 0.1) is 4.92 Å². The zero-order valence-electron chi connectivity index (χ0n) is 10.3. The van der Waals surface area contributed by atoms with Crippen LogP contribution < -0.4 is 10.6 Å². The standard InChI is InChI=1S/C11H12ClN3O4/c1-6(10(16)13-2)14-11(17)8-5-7(12)3-4-9(8)15(18)19/h3-6H,1-2H3,(H,13,16)(H,14,17). The van der Waals surface area contributed by atoms with Gasteiger partial charge in [-0.25, -0.2) is 0 Å². The Morgan fingerprint density at radius 1 is 1.42 bits per heavy atom. The molecule has 0 aliphatic rings. The first kappa shape index (κ1) is 14.9. The molecule has 0 aromatic heterocycles. The summed E-state index contributed by atoms with van der Waals surface area (Å²) >= 11 is 5.71.